The zero-order valence-electron chi connectivity index (χ0n) is 8.46. The molecule has 7 heteroatoms. The Balaban J connectivity index is 2.95. The van der Waals surface area contributed by atoms with E-state index in [1.807, 2.05) is 0 Å². The monoisotopic (exact) mass is 267 g/mol. The molecule has 1 aromatic rings. The maximum atomic E-state index is 12.3. The maximum Gasteiger partial charge on any atom is 0.416 e. The second kappa shape index (κ2) is 4.93. The molecule has 0 aliphatic carbocycles. The van der Waals surface area contributed by atoms with Crippen molar-refractivity contribution >= 4 is 17.6 Å². The Morgan fingerprint density at radius 1 is 1.47 bits per heavy atom. The lowest BCUT2D eigenvalue weighted by Crippen LogP contribution is -2.32. The van der Waals surface area contributed by atoms with E-state index < -0.39 is 23.8 Å². The summed E-state index contributed by atoms with van der Waals surface area (Å²) >= 11 is 5.64. The molecule has 1 aromatic carbocycles. The van der Waals surface area contributed by atoms with Crippen LogP contribution in [0.2, 0.25) is 5.02 Å². The van der Waals surface area contributed by atoms with Crippen LogP contribution in [0.5, 0.6) is 0 Å². The summed E-state index contributed by atoms with van der Waals surface area (Å²) in [6.07, 6.45) is -4.59. The fourth-order valence-corrected chi connectivity index (χ4v) is 1.47. The van der Waals surface area contributed by atoms with E-state index in [4.69, 9.17) is 22.4 Å². The summed E-state index contributed by atoms with van der Waals surface area (Å²) in [5, 5.41) is 8.43. The quantitative estimate of drug-likeness (QED) is 0.883. The highest BCUT2D eigenvalue weighted by atomic mass is 35.5. The van der Waals surface area contributed by atoms with Gasteiger partial charge in [0.05, 0.1) is 5.56 Å². The van der Waals surface area contributed by atoms with Crippen LogP contribution in [0.1, 0.15) is 11.1 Å². The first kappa shape index (κ1) is 13.8. The van der Waals surface area contributed by atoms with Crippen molar-refractivity contribution in [3.8, 4) is 0 Å². The minimum Gasteiger partial charge on any atom is -0.480 e. The molecule has 0 aromatic heterocycles. The first-order chi connectivity index (χ1) is 7.71. The second-order valence-electron chi connectivity index (χ2n) is 3.45. The number of nitrogens with two attached hydrogens (primary N) is 1. The summed E-state index contributed by atoms with van der Waals surface area (Å²) in [5.74, 6) is -1.24. The molecule has 0 unspecified atom stereocenters. The molecule has 0 bridgehead atoms. The van der Waals surface area contributed by atoms with Crippen LogP contribution >= 0.6 is 11.6 Å². The van der Waals surface area contributed by atoms with Gasteiger partial charge in [-0.05, 0) is 24.1 Å². The largest absolute Gasteiger partial charge is 0.480 e. The first-order valence-electron chi connectivity index (χ1n) is 4.56. The van der Waals surface area contributed by atoms with Crippen molar-refractivity contribution < 1.29 is 23.1 Å². The van der Waals surface area contributed by atoms with Gasteiger partial charge >= 0.3 is 12.1 Å². The summed E-state index contributed by atoms with van der Waals surface area (Å²) in [6.45, 7) is 0. The molecule has 94 valence electrons. The Kier molecular flexibility index (Phi) is 4.00. The number of alkyl halides is 3. The van der Waals surface area contributed by atoms with Crippen molar-refractivity contribution in [3.63, 3.8) is 0 Å². The number of aliphatic carboxylic acids is 1. The summed E-state index contributed by atoms with van der Waals surface area (Å²) in [4.78, 5) is 10.5. The first-order valence-corrected chi connectivity index (χ1v) is 4.93. The van der Waals surface area contributed by atoms with Crippen molar-refractivity contribution in [2.75, 3.05) is 0 Å². The Morgan fingerprint density at radius 3 is 2.47 bits per heavy atom. The van der Waals surface area contributed by atoms with Gasteiger partial charge in [0.1, 0.15) is 6.04 Å². The van der Waals surface area contributed by atoms with E-state index in [-0.39, 0.29) is 17.0 Å². The van der Waals surface area contributed by atoms with Crippen molar-refractivity contribution in [3.05, 3.63) is 34.3 Å². The summed E-state index contributed by atoms with van der Waals surface area (Å²) in [7, 11) is 0. The fraction of sp³-hybridized carbons (Fsp3) is 0.300. The molecule has 0 radical (unpaired) electrons. The molecule has 0 saturated heterocycles. The van der Waals surface area contributed by atoms with E-state index in [0.717, 1.165) is 18.2 Å². The third-order valence-electron chi connectivity index (χ3n) is 2.14. The van der Waals surface area contributed by atoms with Crippen LogP contribution in [0.25, 0.3) is 0 Å². The summed E-state index contributed by atoms with van der Waals surface area (Å²) in [5.41, 5.74) is 4.65. The topological polar surface area (TPSA) is 63.3 Å². The SMILES string of the molecule is N[C@@H](Cc1ccc(C(F)(F)F)cc1Cl)C(=O)O. The molecule has 0 fully saturated rings. The van der Waals surface area contributed by atoms with Gasteiger partial charge in [0, 0.05) is 5.02 Å². The maximum absolute atomic E-state index is 12.3. The third kappa shape index (κ3) is 3.61. The molecule has 0 saturated carbocycles. The van der Waals surface area contributed by atoms with Crippen molar-refractivity contribution in [2.24, 2.45) is 5.73 Å². The third-order valence-corrected chi connectivity index (χ3v) is 2.49. The highest BCUT2D eigenvalue weighted by Crippen LogP contribution is 2.32. The second-order valence-corrected chi connectivity index (χ2v) is 3.86. The van der Waals surface area contributed by atoms with E-state index >= 15 is 0 Å². The lowest BCUT2D eigenvalue weighted by Gasteiger charge is -2.11. The number of halogens is 4. The highest BCUT2D eigenvalue weighted by molar-refractivity contribution is 6.31. The molecule has 0 spiro atoms. The number of hydrogen-bond donors (Lipinski definition) is 2. The van der Waals surface area contributed by atoms with Crippen LogP contribution in [0.3, 0.4) is 0 Å². The molecule has 1 rings (SSSR count). The number of carboxylic acids is 1. The average Bonchev–Trinajstić information content (AvgIpc) is 2.19. The number of rotatable bonds is 3. The standard InChI is InChI=1S/C10H9ClF3NO2/c11-7-4-6(10(12,13)14)2-1-5(7)3-8(15)9(16)17/h1-2,4,8H,3,15H2,(H,16,17)/t8-/m0/s1. The van der Waals surface area contributed by atoms with E-state index in [2.05, 4.69) is 0 Å². The Morgan fingerprint density at radius 2 is 2.06 bits per heavy atom. The van der Waals surface area contributed by atoms with Crippen molar-refractivity contribution in [2.45, 2.75) is 18.6 Å². The van der Waals surface area contributed by atoms with Gasteiger partial charge < -0.3 is 10.8 Å². The molecule has 0 aliphatic rings. The number of carboxylic acid groups (broad SMARTS) is 1. The minimum absolute atomic E-state index is 0.119. The Bertz CT molecular complexity index is 434. The van der Waals surface area contributed by atoms with Crippen LogP contribution in [0.4, 0.5) is 13.2 Å². The van der Waals surface area contributed by atoms with Gasteiger partial charge in [0.25, 0.3) is 0 Å². The number of benzene rings is 1. The van der Waals surface area contributed by atoms with Crippen molar-refractivity contribution in [1.82, 2.24) is 0 Å². The molecular weight excluding hydrogens is 259 g/mol. The molecule has 0 amide bonds. The zero-order valence-corrected chi connectivity index (χ0v) is 9.22. The van der Waals surface area contributed by atoms with Crippen molar-refractivity contribution in [1.29, 1.82) is 0 Å². The lowest BCUT2D eigenvalue weighted by atomic mass is 10.0. The Hall–Kier alpha value is -1.27. The summed E-state index contributed by atoms with van der Waals surface area (Å²) < 4.78 is 36.9. The average molecular weight is 268 g/mol. The van der Waals surface area contributed by atoms with E-state index in [1.54, 1.807) is 0 Å². The predicted octanol–water partition coefficient (Wildman–Crippen LogP) is 2.31. The van der Waals surface area contributed by atoms with Gasteiger partial charge in [0.2, 0.25) is 0 Å². The van der Waals surface area contributed by atoms with Gasteiger partial charge in [-0.1, -0.05) is 17.7 Å². The highest BCUT2D eigenvalue weighted by Gasteiger charge is 2.31. The van der Waals surface area contributed by atoms with Gasteiger partial charge in [0.15, 0.2) is 0 Å². The number of carbonyl (C=O) groups is 1. The zero-order chi connectivity index (χ0) is 13.2. The van der Waals surface area contributed by atoms with Gasteiger partial charge in [-0.3, -0.25) is 4.79 Å². The van der Waals surface area contributed by atoms with Crippen LogP contribution < -0.4 is 5.73 Å². The van der Waals surface area contributed by atoms with Gasteiger partial charge in [-0.15, -0.1) is 0 Å². The molecule has 17 heavy (non-hydrogen) atoms. The van der Waals surface area contributed by atoms with Gasteiger partial charge in [-0.25, -0.2) is 0 Å². The van der Waals surface area contributed by atoms with Gasteiger partial charge in [-0.2, -0.15) is 13.2 Å². The number of hydrogen-bond acceptors (Lipinski definition) is 2. The van der Waals surface area contributed by atoms with Crippen LogP contribution in [0, 0.1) is 0 Å². The minimum atomic E-state index is -4.48. The molecule has 3 N–H and O–H groups in total. The predicted molar refractivity (Wildman–Crippen MR) is 55.8 cm³/mol. The Labute approximate surface area is 100.0 Å². The summed E-state index contributed by atoms with van der Waals surface area (Å²) in [6, 6.07) is 1.54. The molecule has 0 aliphatic heterocycles. The molecule has 3 nitrogen and oxygen atoms in total. The molecule has 0 heterocycles. The van der Waals surface area contributed by atoms with E-state index in [9.17, 15) is 18.0 Å². The van der Waals surface area contributed by atoms with E-state index in [1.165, 1.54) is 0 Å². The van der Waals surface area contributed by atoms with Crippen LogP contribution in [-0.4, -0.2) is 17.1 Å². The molecular formula is C10H9ClF3NO2. The smallest absolute Gasteiger partial charge is 0.416 e. The van der Waals surface area contributed by atoms with E-state index in [0.29, 0.717) is 0 Å². The lowest BCUT2D eigenvalue weighted by molar-refractivity contribution is -0.139. The molecule has 1 atom stereocenters. The van der Waals surface area contributed by atoms with Crippen LogP contribution in [-0.2, 0) is 17.4 Å². The normalized spacial score (nSPS) is 13.5. The van der Waals surface area contributed by atoms with Crippen LogP contribution in [0.15, 0.2) is 18.2 Å². The fourth-order valence-electron chi connectivity index (χ4n) is 1.21.